The Kier molecular flexibility index (Phi) is 5.32. The summed E-state index contributed by atoms with van der Waals surface area (Å²) in [5, 5.41) is 5.54. The van der Waals surface area contributed by atoms with E-state index in [4.69, 9.17) is 10.5 Å². The molecule has 0 radical (unpaired) electrons. The van der Waals surface area contributed by atoms with Crippen LogP contribution < -0.4 is 21.3 Å². The average molecular weight is 428 g/mol. The maximum atomic E-state index is 12.4. The van der Waals surface area contributed by atoms with Crippen LogP contribution in [0.5, 0.6) is 5.75 Å². The van der Waals surface area contributed by atoms with E-state index in [2.05, 4.69) is 25.3 Å². The van der Waals surface area contributed by atoms with Gasteiger partial charge in [-0.3, -0.25) is 9.36 Å². The van der Waals surface area contributed by atoms with Gasteiger partial charge in [-0.1, -0.05) is 23.9 Å². The van der Waals surface area contributed by atoms with E-state index in [1.165, 1.54) is 27.7 Å². The van der Waals surface area contributed by atoms with Crippen LogP contribution in [0.4, 0.5) is 17.6 Å². The first-order valence-electron chi connectivity index (χ1n) is 8.52. The molecule has 0 spiro atoms. The van der Waals surface area contributed by atoms with E-state index < -0.39 is 0 Å². The summed E-state index contributed by atoms with van der Waals surface area (Å²) in [7, 11) is 3.29. The molecular weight excluding hydrogens is 410 g/mol. The second kappa shape index (κ2) is 8.05. The largest absolute Gasteiger partial charge is 0.495 e. The van der Waals surface area contributed by atoms with Crippen molar-refractivity contribution in [3.8, 4) is 5.75 Å². The van der Waals surface area contributed by atoms with E-state index in [9.17, 15) is 4.79 Å². The number of fused-ring (bicyclic) bond motifs is 1. The minimum atomic E-state index is -0.0683. The van der Waals surface area contributed by atoms with Gasteiger partial charge in [-0.15, -0.1) is 11.3 Å². The fourth-order valence-electron chi connectivity index (χ4n) is 2.65. The van der Waals surface area contributed by atoms with E-state index in [0.29, 0.717) is 44.3 Å². The standard InChI is InChI=1S/C18H17N7O2S2/c1-25-15(26)14-11(7-8-28-14)21-18(25)29-9-13-22-16(19)24-17(23-13)20-10-5-3-4-6-12(10)27-2/h3-8H,9H2,1-2H3,(H3,19,20,22,23,24). The molecule has 0 aliphatic rings. The van der Waals surface area contributed by atoms with Gasteiger partial charge in [0.05, 0.1) is 24.1 Å². The number of nitrogens with zero attached hydrogens (tertiary/aromatic N) is 5. The van der Waals surface area contributed by atoms with Crippen molar-refractivity contribution < 1.29 is 4.74 Å². The van der Waals surface area contributed by atoms with Gasteiger partial charge in [0.25, 0.3) is 5.56 Å². The Morgan fingerprint density at radius 1 is 1.21 bits per heavy atom. The van der Waals surface area contributed by atoms with Crippen LogP contribution in [0.3, 0.4) is 0 Å². The lowest BCUT2D eigenvalue weighted by Crippen LogP contribution is -2.19. The molecule has 0 amide bonds. The normalized spacial score (nSPS) is 11.0. The fourth-order valence-corrected chi connectivity index (χ4v) is 4.28. The number of anilines is 3. The average Bonchev–Trinajstić information content (AvgIpc) is 3.18. The molecule has 0 fully saturated rings. The summed E-state index contributed by atoms with van der Waals surface area (Å²) < 4.78 is 7.50. The molecule has 3 aromatic heterocycles. The summed E-state index contributed by atoms with van der Waals surface area (Å²) in [6.45, 7) is 0. The van der Waals surface area contributed by atoms with Crippen molar-refractivity contribution in [1.82, 2.24) is 24.5 Å². The van der Waals surface area contributed by atoms with Gasteiger partial charge in [0, 0.05) is 7.05 Å². The van der Waals surface area contributed by atoms with Crippen molar-refractivity contribution in [1.29, 1.82) is 0 Å². The van der Waals surface area contributed by atoms with E-state index in [0.717, 1.165) is 0 Å². The molecule has 4 aromatic rings. The van der Waals surface area contributed by atoms with Crippen LogP contribution in [-0.2, 0) is 12.8 Å². The minimum Gasteiger partial charge on any atom is -0.495 e. The number of ether oxygens (including phenoxy) is 1. The Bertz CT molecular complexity index is 1240. The Hall–Kier alpha value is -3.18. The van der Waals surface area contributed by atoms with Gasteiger partial charge in [-0.2, -0.15) is 15.0 Å². The Labute approximate surface area is 174 Å². The number of para-hydroxylation sites is 2. The number of thioether (sulfide) groups is 1. The molecule has 0 atom stereocenters. The summed E-state index contributed by atoms with van der Waals surface area (Å²) in [5.41, 5.74) is 7.19. The van der Waals surface area contributed by atoms with Gasteiger partial charge in [0.2, 0.25) is 11.9 Å². The lowest BCUT2D eigenvalue weighted by molar-refractivity contribution is 0.417. The third-order valence-electron chi connectivity index (χ3n) is 4.03. The Balaban J connectivity index is 1.57. The summed E-state index contributed by atoms with van der Waals surface area (Å²) in [5.74, 6) is 1.92. The Morgan fingerprint density at radius 2 is 2.03 bits per heavy atom. The monoisotopic (exact) mass is 427 g/mol. The first-order chi connectivity index (χ1) is 14.0. The molecule has 0 aliphatic carbocycles. The number of thiophene rings is 1. The van der Waals surface area contributed by atoms with Gasteiger partial charge in [0.15, 0.2) is 5.16 Å². The summed E-state index contributed by atoms with van der Waals surface area (Å²) in [6, 6.07) is 9.26. The number of hydrogen-bond acceptors (Lipinski definition) is 10. The van der Waals surface area contributed by atoms with Crippen LogP contribution >= 0.6 is 23.1 Å². The number of nitrogens with one attached hydrogen (secondary N) is 1. The quantitative estimate of drug-likeness (QED) is 0.353. The second-order valence-corrected chi connectivity index (χ2v) is 7.80. The summed E-state index contributed by atoms with van der Waals surface area (Å²) in [4.78, 5) is 29.7. The maximum absolute atomic E-state index is 12.4. The predicted octanol–water partition coefficient (Wildman–Crippen LogP) is 2.81. The van der Waals surface area contributed by atoms with E-state index in [1.807, 2.05) is 35.7 Å². The van der Waals surface area contributed by atoms with Crippen molar-refractivity contribution in [2.24, 2.45) is 7.05 Å². The van der Waals surface area contributed by atoms with Crippen molar-refractivity contribution in [2.45, 2.75) is 10.9 Å². The van der Waals surface area contributed by atoms with E-state index >= 15 is 0 Å². The molecule has 0 aliphatic heterocycles. The molecule has 3 heterocycles. The highest BCUT2D eigenvalue weighted by molar-refractivity contribution is 7.98. The number of benzene rings is 1. The molecule has 148 valence electrons. The molecular formula is C18H17N7O2S2. The molecule has 11 heteroatoms. The van der Waals surface area contributed by atoms with Gasteiger partial charge < -0.3 is 15.8 Å². The predicted molar refractivity (Wildman–Crippen MR) is 115 cm³/mol. The topological polar surface area (TPSA) is 121 Å². The van der Waals surface area contributed by atoms with Crippen LogP contribution in [0.25, 0.3) is 10.2 Å². The van der Waals surface area contributed by atoms with Crippen molar-refractivity contribution in [3.05, 3.63) is 51.9 Å². The zero-order valence-electron chi connectivity index (χ0n) is 15.6. The second-order valence-electron chi connectivity index (χ2n) is 5.94. The van der Waals surface area contributed by atoms with Crippen LogP contribution in [0.2, 0.25) is 0 Å². The SMILES string of the molecule is COc1ccccc1Nc1nc(N)nc(CSc2nc3ccsc3c(=O)n2C)n1. The van der Waals surface area contributed by atoms with Crippen LogP contribution in [-0.4, -0.2) is 31.6 Å². The fraction of sp³-hybridized carbons (Fsp3) is 0.167. The number of aromatic nitrogens is 5. The Morgan fingerprint density at radius 3 is 2.86 bits per heavy atom. The third kappa shape index (κ3) is 4.00. The number of nitrogen functional groups attached to an aromatic ring is 1. The molecule has 9 nitrogen and oxygen atoms in total. The van der Waals surface area contributed by atoms with Crippen LogP contribution in [0, 0.1) is 0 Å². The third-order valence-corrected chi connectivity index (χ3v) is 5.95. The van der Waals surface area contributed by atoms with Crippen LogP contribution in [0.15, 0.2) is 45.7 Å². The van der Waals surface area contributed by atoms with Crippen LogP contribution in [0.1, 0.15) is 5.82 Å². The van der Waals surface area contributed by atoms with Gasteiger partial charge in [-0.25, -0.2) is 4.98 Å². The zero-order chi connectivity index (χ0) is 20.4. The molecule has 0 bridgehead atoms. The van der Waals surface area contributed by atoms with Gasteiger partial charge >= 0.3 is 0 Å². The van der Waals surface area contributed by atoms with Gasteiger partial charge in [0.1, 0.15) is 16.3 Å². The molecule has 4 rings (SSSR count). The molecule has 1 aromatic carbocycles. The number of rotatable bonds is 6. The van der Waals surface area contributed by atoms with Gasteiger partial charge in [-0.05, 0) is 23.6 Å². The van der Waals surface area contributed by atoms with E-state index in [1.54, 1.807) is 14.2 Å². The zero-order valence-corrected chi connectivity index (χ0v) is 17.3. The highest BCUT2D eigenvalue weighted by atomic mass is 32.2. The molecule has 0 unspecified atom stereocenters. The molecule has 3 N–H and O–H groups in total. The number of hydrogen-bond donors (Lipinski definition) is 2. The minimum absolute atomic E-state index is 0.0683. The number of methoxy groups -OCH3 is 1. The first-order valence-corrected chi connectivity index (χ1v) is 10.4. The van der Waals surface area contributed by atoms with Crippen molar-refractivity contribution >= 4 is 50.9 Å². The van der Waals surface area contributed by atoms with Crippen molar-refractivity contribution in [3.63, 3.8) is 0 Å². The smallest absolute Gasteiger partial charge is 0.271 e. The lowest BCUT2D eigenvalue weighted by atomic mass is 10.3. The number of nitrogens with two attached hydrogens (primary N) is 1. The maximum Gasteiger partial charge on any atom is 0.271 e. The highest BCUT2D eigenvalue weighted by Crippen LogP contribution is 2.26. The first kappa shape index (κ1) is 19.2. The van der Waals surface area contributed by atoms with E-state index in [-0.39, 0.29) is 11.5 Å². The van der Waals surface area contributed by atoms with Crippen molar-refractivity contribution in [2.75, 3.05) is 18.2 Å². The summed E-state index contributed by atoms with van der Waals surface area (Å²) >= 11 is 2.75. The molecule has 0 saturated heterocycles. The highest BCUT2D eigenvalue weighted by Gasteiger charge is 2.12. The lowest BCUT2D eigenvalue weighted by Gasteiger charge is -2.11. The molecule has 0 saturated carbocycles. The molecule has 29 heavy (non-hydrogen) atoms. The summed E-state index contributed by atoms with van der Waals surface area (Å²) in [6.07, 6.45) is 0.